The number of thiophene rings is 1. The molecule has 0 aliphatic heterocycles. The number of nitrogen functional groups attached to an aromatic ring is 1. The predicted octanol–water partition coefficient (Wildman–Crippen LogP) is 4.33. The first-order chi connectivity index (χ1) is 11.1. The summed E-state index contributed by atoms with van der Waals surface area (Å²) in [5.74, 6) is 0.283. The number of thioether (sulfide) groups is 1. The first-order valence-electron chi connectivity index (χ1n) is 6.61. The number of rotatable bonds is 5. The number of anilines is 2. The van der Waals surface area contributed by atoms with Crippen molar-refractivity contribution in [1.29, 1.82) is 5.41 Å². The Kier molecular flexibility index (Phi) is 4.56. The van der Waals surface area contributed by atoms with E-state index in [1.165, 1.54) is 22.7 Å². The van der Waals surface area contributed by atoms with Crippen molar-refractivity contribution in [2.45, 2.75) is 4.21 Å². The topological polar surface area (TPSA) is 95.0 Å². The molecule has 0 fully saturated rings. The van der Waals surface area contributed by atoms with E-state index < -0.39 is 0 Å². The molecule has 0 bridgehead atoms. The number of benzene rings is 1. The zero-order chi connectivity index (χ0) is 16.4. The number of nitrogens with two attached hydrogens (primary N) is 1. The Morgan fingerprint density at radius 2 is 2.22 bits per heavy atom. The number of thiazole rings is 1. The van der Waals surface area contributed by atoms with Crippen LogP contribution in [0.5, 0.6) is 5.75 Å². The lowest BCUT2D eigenvalue weighted by Gasteiger charge is -2.02. The van der Waals surface area contributed by atoms with E-state index in [9.17, 15) is 5.11 Å². The number of aromatic nitrogens is 1. The van der Waals surface area contributed by atoms with Gasteiger partial charge in [0.05, 0.1) is 14.8 Å². The number of hydrogen-bond donors (Lipinski definition) is 4. The van der Waals surface area contributed by atoms with Gasteiger partial charge in [-0.3, -0.25) is 5.41 Å². The maximum Gasteiger partial charge on any atom is 0.187 e. The third kappa shape index (κ3) is 3.49. The lowest BCUT2D eigenvalue weighted by molar-refractivity contribution is 0.475. The van der Waals surface area contributed by atoms with Gasteiger partial charge < -0.3 is 16.2 Å². The summed E-state index contributed by atoms with van der Waals surface area (Å²) >= 11 is 4.61. The highest BCUT2D eigenvalue weighted by atomic mass is 32.2. The van der Waals surface area contributed by atoms with Crippen molar-refractivity contribution in [1.82, 2.24) is 4.98 Å². The lowest BCUT2D eigenvalue weighted by Crippen LogP contribution is -2.08. The summed E-state index contributed by atoms with van der Waals surface area (Å²) < 4.78 is 1.09. The Labute approximate surface area is 145 Å². The van der Waals surface area contributed by atoms with Crippen LogP contribution in [0.15, 0.2) is 39.9 Å². The quantitative estimate of drug-likeness (QED) is 0.308. The minimum atomic E-state index is 0.0740. The van der Waals surface area contributed by atoms with Crippen molar-refractivity contribution in [2.75, 3.05) is 11.6 Å². The molecular weight excluding hydrogens is 348 g/mol. The molecule has 2 aromatic heterocycles. The van der Waals surface area contributed by atoms with E-state index >= 15 is 0 Å². The van der Waals surface area contributed by atoms with E-state index in [0.717, 1.165) is 31.2 Å². The molecule has 8 heteroatoms. The van der Waals surface area contributed by atoms with Crippen molar-refractivity contribution in [3.8, 4) is 17.0 Å². The zero-order valence-corrected chi connectivity index (χ0v) is 14.6. The number of nitrogens with zero attached hydrogens (tertiary/aromatic N) is 1. The van der Waals surface area contributed by atoms with Gasteiger partial charge in [0.2, 0.25) is 0 Å². The average Bonchev–Trinajstić information content (AvgIpc) is 3.13. The molecule has 0 atom stereocenters. The minimum absolute atomic E-state index is 0.0740. The highest BCUT2D eigenvalue weighted by molar-refractivity contribution is 8.00. The van der Waals surface area contributed by atoms with E-state index in [4.69, 9.17) is 11.1 Å². The van der Waals surface area contributed by atoms with Crippen LogP contribution in [0.4, 0.5) is 10.8 Å². The van der Waals surface area contributed by atoms with Crippen LogP contribution >= 0.6 is 34.4 Å². The summed E-state index contributed by atoms with van der Waals surface area (Å²) in [6, 6.07) is 8.82. The van der Waals surface area contributed by atoms with Gasteiger partial charge >= 0.3 is 0 Å². The van der Waals surface area contributed by atoms with Gasteiger partial charge in [0.25, 0.3) is 0 Å². The second-order valence-corrected chi connectivity index (χ2v) is 7.63. The maximum absolute atomic E-state index is 9.51. The summed E-state index contributed by atoms with van der Waals surface area (Å²) in [6.45, 7) is 0. The van der Waals surface area contributed by atoms with Crippen molar-refractivity contribution >= 4 is 51.1 Å². The van der Waals surface area contributed by atoms with E-state index in [2.05, 4.69) is 10.3 Å². The summed E-state index contributed by atoms with van der Waals surface area (Å²) in [5.41, 5.74) is 8.21. The first-order valence-corrected chi connectivity index (χ1v) is 9.53. The average molecular weight is 363 g/mol. The number of amidine groups is 1. The Hall–Kier alpha value is -2.03. The highest BCUT2D eigenvalue weighted by Gasteiger charge is 2.15. The molecule has 0 saturated carbocycles. The molecule has 0 aliphatic rings. The molecule has 3 rings (SSSR count). The fourth-order valence-corrected chi connectivity index (χ4v) is 4.48. The molecule has 0 spiro atoms. The molecule has 3 aromatic rings. The molecule has 23 heavy (non-hydrogen) atoms. The fraction of sp³-hybridized carbons (Fsp3) is 0.0667. The van der Waals surface area contributed by atoms with Gasteiger partial charge in [0.1, 0.15) is 11.6 Å². The molecular formula is C15H14N4OS3. The van der Waals surface area contributed by atoms with Crippen LogP contribution < -0.4 is 11.1 Å². The largest absolute Gasteiger partial charge is 0.508 e. The van der Waals surface area contributed by atoms with Gasteiger partial charge in [-0.25, -0.2) is 4.98 Å². The van der Waals surface area contributed by atoms with Gasteiger partial charge in [0, 0.05) is 22.7 Å². The minimum Gasteiger partial charge on any atom is -0.508 e. The molecule has 0 aliphatic carbocycles. The van der Waals surface area contributed by atoms with Crippen LogP contribution in [-0.4, -0.2) is 22.2 Å². The van der Waals surface area contributed by atoms with Crippen molar-refractivity contribution < 1.29 is 5.11 Å². The van der Waals surface area contributed by atoms with Gasteiger partial charge in [-0.2, -0.15) is 0 Å². The van der Waals surface area contributed by atoms with Crippen LogP contribution in [0.3, 0.4) is 0 Å². The van der Waals surface area contributed by atoms with Crippen LogP contribution in [0.25, 0.3) is 11.3 Å². The molecule has 0 unspecified atom stereocenters. The predicted molar refractivity (Wildman–Crippen MR) is 99.6 cm³/mol. The Balaban J connectivity index is 1.88. The molecule has 0 radical (unpaired) electrons. The van der Waals surface area contributed by atoms with E-state index in [0.29, 0.717) is 0 Å². The van der Waals surface area contributed by atoms with Crippen molar-refractivity contribution in [3.63, 3.8) is 0 Å². The first kappa shape index (κ1) is 15.9. The second kappa shape index (κ2) is 6.61. The summed E-state index contributed by atoms with van der Waals surface area (Å²) in [7, 11) is 0. The maximum atomic E-state index is 9.51. The molecule has 0 saturated heterocycles. The molecule has 118 valence electrons. The third-order valence-corrected chi connectivity index (χ3v) is 6.09. The van der Waals surface area contributed by atoms with E-state index in [1.54, 1.807) is 30.0 Å². The van der Waals surface area contributed by atoms with Crippen LogP contribution in [0.1, 0.15) is 4.88 Å². The number of nitrogens with one attached hydrogen (secondary N) is 2. The lowest BCUT2D eigenvalue weighted by atomic mass is 10.2. The van der Waals surface area contributed by atoms with E-state index in [1.807, 2.05) is 23.8 Å². The van der Waals surface area contributed by atoms with Crippen molar-refractivity contribution in [2.24, 2.45) is 5.73 Å². The number of phenols is 1. The zero-order valence-electron chi connectivity index (χ0n) is 12.2. The molecule has 1 aromatic carbocycles. The number of hydrogen-bond acceptors (Lipinski definition) is 7. The second-order valence-electron chi connectivity index (χ2n) is 4.64. The van der Waals surface area contributed by atoms with Crippen LogP contribution in [0, 0.1) is 5.41 Å². The van der Waals surface area contributed by atoms with E-state index in [-0.39, 0.29) is 11.6 Å². The highest BCUT2D eigenvalue weighted by Crippen LogP contribution is 2.39. The fourth-order valence-electron chi connectivity index (χ4n) is 2.00. The smallest absolute Gasteiger partial charge is 0.187 e. The van der Waals surface area contributed by atoms with Crippen LogP contribution in [-0.2, 0) is 0 Å². The Morgan fingerprint density at radius 3 is 2.91 bits per heavy atom. The summed E-state index contributed by atoms with van der Waals surface area (Å²) in [6.07, 6.45) is 2.00. The van der Waals surface area contributed by atoms with Crippen molar-refractivity contribution in [3.05, 3.63) is 40.6 Å². The molecule has 5 nitrogen and oxygen atoms in total. The Morgan fingerprint density at radius 1 is 1.39 bits per heavy atom. The molecule has 5 N–H and O–H groups in total. The molecule has 0 amide bonds. The third-order valence-electron chi connectivity index (χ3n) is 3.03. The van der Waals surface area contributed by atoms with Gasteiger partial charge in [-0.15, -0.1) is 34.4 Å². The normalized spacial score (nSPS) is 10.7. The summed E-state index contributed by atoms with van der Waals surface area (Å²) in [4.78, 5) is 5.34. The van der Waals surface area contributed by atoms with Crippen LogP contribution in [0.2, 0.25) is 0 Å². The standard InChI is InChI=1S/C15H14N4OS3/c1-21-14-10(6-12(23-14)13(16)17)11-7-22-15(19-11)18-8-3-2-4-9(20)5-8/h2-7,20H,1H3,(H3,16,17)(H,18,19). The van der Waals surface area contributed by atoms with Gasteiger partial charge in [0.15, 0.2) is 5.13 Å². The number of phenolic OH excluding ortho intramolecular Hbond substituents is 1. The monoisotopic (exact) mass is 362 g/mol. The van der Waals surface area contributed by atoms with Gasteiger partial charge in [-0.1, -0.05) is 6.07 Å². The number of aromatic hydroxyl groups is 1. The molecule has 2 heterocycles. The SMILES string of the molecule is CSc1sc(C(=N)N)cc1-c1csc(Nc2cccc(O)c2)n1. The summed E-state index contributed by atoms with van der Waals surface area (Å²) in [5, 5.41) is 23.0. The Bertz CT molecular complexity index is 856. The van der Waals surface area contributed by atoms with Gasteiger partial charge in [-0.05, 0) is 24.5 Å².